The molecule has 0 saturated carbocycles. The van der Waals surface area contributed by atoms with Crippen molar-refractivity contribution < 1.29 is 4.39 Å². The normalized spacial score (nSPS) is 8.85. The largest absolute Gasteiger partial charge is 0.372 e. The summed E-state index contributed by atoms with van der Waals surface area (Å²) in [5.74, 6) is 5.34. The van der Waals surface area contributed by atoms with Gasteiger partial charge in [-0.05, 0) is 25.5 Å². The smallest absolute Gasteiger partial charge is 0.146 e. The molecule has 1 aromatic rings. The zero-order chi connectivity index (χ0) is 9.68. The molecule has 0 spiro atoms. The molecule has 0 fully saturated rings. The molecule has 0 amide bonds. The van der Waals surface area contributed by atoms with Gasteiger partial charge in [0.05, 0.1) is 12.2 Å². The van der Waals surface area contributed by atoms with Crippen LogP contribution in [0.2, 0.25) is 0 Å². The Morgan fingerprint density at radius 2 is 2.23 bits per heavy atom. The molecule has 2 heteroatoms. The van der Waals surface area contributed by atoms with E-state index in [0.717, 1.165) is 5.56 Å². The predicted octanol–water partition coefficient (Wildman–Crippen LogP) is 2.57. The van der Waals surface area contributed by atoms with Crippen LogP contribution < -0.4 is 5.32 Å². The van der Waals surface area contributed by atoms with Crippen LogP contribution in [0.15, 0.2) is 18.2 Å². The van der Waals surface area contributed by atoms with Crippen LogP contribution in [0.5, 0.6) is 0 Å². The molecule has 0 aliphatic carbocycles. The molecule has 1 nitrogen and oxygen atoms in total. The molecule has 1 rings (SSSR count). The number of benzene rings is 1. The minimum absolute atomic E-state index is 0.224. The fourth-order valence-corrected chi connectivity index (χ4v) is 1.08. The first-order chi connectivity index (χ1) is 6.25. The fraction of sp³-hybridized carbons (Fsp3) is 0.273. The molecule has 1 N–H and O–H groups in total. The van der Waals surface area contributed by atoms with E-state index >= 15 is 0 Å². The molecular formula is C11H12FN. The van der Waals surface area contributed by atoms with Crippen LogP contribution in [-0.2, 0) is 0 Å². The fourth-order valence-electron chi connectivity index (χ4n) is 1.08. The lowest BCUT2D eigenvalue weighted by Gasteiger charge is -2.06. The quantitative estimate of drug-likeness (QED) is 0.684. The molecular weight excluding hydrogens is 165 g/mol. The van der Waals surface area contributed by atoms with Gasteiger partial charge in [0.1, 0.15) is 5.82 Å². The van der Waals surface area contributed by atoms with Gasteiger partial charge in [-0.3, -0.25) is 0 Å². The number of rotatable bonds is 2. The summed E-state index contributed by atoms with van der Waals surface area (Å²) < 4.78 is 13.2. The Balaban J connectivity index is 2.79. The van der Waals surface area contributed by atoms with E-state index in [1.165, 1.54) is 6.07 Å². The number of anilines is 1. The van der Waals surface area contributed by atoms with E-state index in [2.05, 4.69) is 17.2 Å². The van der Waals surface area contributed by atoms with E-state index < -0.39 is 0 Å². The van der Waals surface area contributed by atoms with E-state index in [-0.39, 0.29) is 5.82 Å². The molecule has 0 atom stereocenters. The highest BCUT2D eigenvalue weighted by atomic mass is 19.1. The Bertz CT molecular complexity index is 327. The van der Waals surface area contributed by atoms with Crippen LogP contribution in [0, 0.1) is 24.6 Å². The van der Waals surface area contributed by atoms with Crippen LogP contribution in [0.4, 0.5) is 10.1 Å². The molecule has 0 saturated heterocycles. The summed E-state index contributed by atoms with van der Waals surface area (Å²) in [6, 6.07) is 5.00. The minimum atomic E-state index is -0.224. The first-order valence-electron chi connectivity index (χ1n) is 4.14. The second-order valence-electron chi connectivity index (χ2n) is 2.71. The van der Waals surface area contributed by atoms with Gasteiger partial charge in [-0.25, -0.2) is 4.39 Å². The summed E-state index contributed by atoms with van der Waals surface area (Å²) in [5.41, 5.74) is 1.45. The maximum atomic E-state index is 13.2. The molecule has 0 aliphatic rings. The summed E-state index contributed by atoms with van der Waals surface area (Å²) in [4.78, 5) is 0. The highest BCUT2D eigenvalue weighted by molar-refractivity contribution is 5.52. The topological polar surface area (TPSA) is 12.0 Å². The van der Waals surface area contributed by atoms with Crippen LogP contribution in [0.1, 0.15) is 12.5 Å². The van der Waals surface area contributed by atoms with Crippen molar-refractivity contribution in [3.63, 3.8) is 0 Å². The number of halogens is 1. The Morgan fingerprint density at radius 1 is 1.46 bits per heavy atom. The van der Waals surface area contributed by atoms with Crippen molar-refractivity contribution in [1.29, 1.82) is 0 Å². The van der Waals surface area contributed by atoms with Crippen molar-refractivity contribution in [3.8, 4) is 11.8 Å². The first-order valence-corrected chi connectivity index (χ1v) is 4.14. The van der Waals surface area contributed by atoms with Crippen LogP contribution in [0.25, 0.3) is 0 Å². The third-order valence-electron chi connectivity index (χ3n) is 1.75. The lowest BCUT2D eigenvalue weighted by Crippen LogP contribution is -2.02. The SMILES string of the molecule is CC#CCNc1c(C)cccc1F. The molecule has 0 unspecified atom stereocenters. The lowest BCUT2D eigenvalue weighted by molar-refractivity contribution is 0.630. The second-order valence-corrected chi connectivity index (χ2v) is 2.71. The van der Waals surface area contributed by atoms with Crippen molar-refractivity contribution in [2.75, 3.05) is 11.9 Å². The monoisotopic (exact) mass is 177 g/mol. The second kappa shape index (κ2) is 4.51. The maximum absolute atomic E-state index is 13.2. The number of hydrogen-bond acceptors (Lipinski definition) is 1. The summed E-state index contributed by atoms with van der Waals surface area (Å²) in [7, 11) is 0. The first kappa shape index (κ1) is 9.60. The molecule has 13 heavy (non-hydrogen) atoms. The van der Waals surface area contributed by atoms with Gasteiger partial charge in [0, 0.05) is 0 Å². The lowest BCUT2D eigenvalue weighted by atomic mass is 10.2. The Kier molecular flexibility index (Phi) is 3.33. The summed E-state index contributed by atoms with van der Waals surface area (Å²) >= 11 is 0. The van der Waals surface area contributed by atoms with Crippen LogP contribution >= 0.6 is 0 Å². The Hall–Kier alpha value is -1.49. The van der Waals surface area contributed by atoms with Crippen molar-refractivity contribution in [3.05, 3.63) is 29.6 Å². The Morgan fingerprint density at radius 3 is 2.85 bits per heavy atom. The van der Waals surface area contributed by atoms with E-state index in [1.54, 1.807) is 13.0 Å². The zero-order valence-corrected chi connectivity index (χ0v) is 7.82. The highest BCUT2D eigenvalue weighted by Gasteiger charge is 2.02. The predicted molar refractivity (Wildman–Crippen MR) is 53.1 cm³/mol. The number of nitrogens with one attached hydrogen (secondary N) is 1. The van der Waals surface area contributed by atoms with Gasteiger partial charge in [-0.15, -0.1) is 5.92 Å². The molecule has 0 heterocycles. The number of para-hydroxylation sites is 1. The van der Waals surface area contributed by atoms with Gasteiger partial charge in [0.2, 0.25) is 0 Å². The van der Waals surface area contributed by atoms with Crippen molar-refractivity contribution in [1.82, 2.24) is 0 Å². The van der Waals surface area contributed by atoms with E-state index in [1.807, 2.05) is 13.0 Å². The highest BCUT2D eigenvalue weighted by Crippen LogP contribution is 2.17. The van der Waals surface area contributed by atoms with Gasteiger partial charge in [-0.2, -0.15) is 0 Å². The van der Waals surface area contributed by atoms with Crippen molar-refractivity contribution >= 4 is 5.69 Å². The Labute approximate surface area is 78.0 Å². The summed E-state index contributed by atoms with van der Waals surface area (Å²) in [6.45, 7) is 4.11. The van der Waals surface area contributed by atoms with Crippen LogP contribution in [-0.4, -0.2) is 6.54 Å². The third kappa shape index (κ3) is 2.48. The summed E-state index contributed by atoms with van der Waals surface area (Å²) in [6.07, 6.45) is 0. The third-order valence-corrected chi connectivity index (χ3v) is 1.75. The van der Waals surface area contributed by atoms with E-state index in [9.17, 15) is 4.39 Å². The van der Waals surface area contributed by atoms with E-state index in [0.29, 0.717) is 12.2 Å². The molecule has 0 aliphatic heterocycles. The van der Waals surface area contributed by atoms with Gasteiger partial charge >= 0.3 is 0 Å². The van der Waals surface area contributed by atoms with Crippen LogP contribution in [0.3, 0.4) is 0 Å². The van der Waals surface area contributed by atoms with Crippen molar-refractivity contribution in [2.45, 2.75) is 13.8 Å². The zero-order valence-electron chi connectivity index (χ0n) is 7.82. The number of hydrogen-bond donors (Lipinski definition) is 1. The van der Waals surface area contributed by atoms with Gasteiger partial charge < -0.3 is 5.32 Å². The van der Waals surface area contributed by atoms with Crippen molar-refractivity contribution in [2.24, 2.45) is 0 Å². The molecule has 0 radical (unpaired) electrons. The van der Waals surface area contributed by atoms with Gasteiger partial charge in [0.25, 0.3) is 0 Å². The minimum Gasteiger partial charge on any atom is -0.372 e. The molecule has 0 bridgehead atoms. The van der Waals surface area contributed by atoms with E-state index in [4.69, 9.17) is 0 Å². The summed E-state index contributed by atoms with van der Waals surface area (Å²) in [5, 5.41) is 2.93. The average Bonchev–Trinajstić information content (AvgIpc) is 2.10. The average molecular weight is 177 g/mol. The molecule has 0 aromatic heterocycles. The van der Waals surface area contributed by atoms with Gasteiger partial charge in [-0.1, -0.05) is 18.1 Å². The molecule has 1 aromatic carbocycles. The maximum Gasteiger partial charge on any atom is 0.146 e. The standard InChI is InChI=1S/C11H12FN/c1-3-4-8-13-11-9(2)6-5-7-10(11)12/h5-7,13H,8H2,1-2H3. The van der Waals surface area contributed by atoms with Gasteiger partial charge in [0.15, 0.2) is 0 Å². The molecule has 68 valence electrons. The number of aryl methyl sites for hydroxylation is 1.